The summed E-state index contributed by atoms with van der Waals surface area (Å²) in [5.74, 6) is -1.54. The van der Waals surface area contributed by atoms with Crippen molar-refractivity contribution in [1.82, 2.24) is 0 Å². The Bertz CT molecular complexity index is 707. The van der Waals surface area contributed by atoms with Gasteiger partial charge in [0.1, 0.15) is 4.88 Å². The summed E-state index contributed by atoms with van der Waals surface area (Å²) in [7, 11) is 0. The maximum absolute atomic E-state index is 11.7. The Labute approximate surface area is 130 Å². The molecule has 0 aliphatic heterocycles. The molecule has 0 unspecified atom stereocenters. The summed E-state index contributed by atoms with van der Waals surface area (Å²) >= 11 is 1.31. The van der Waals surface area contributed by atoms with Crippen molar-refractivity contribution < 1.29 is 19.1 Å². The number of aryl methyl sites for hydroxylation is 1. The van der Waals surface area contributed by atoms with Crippen molar-refractivity contribution >= 4 is 34.8 Å². The van der Waals surface area contributed by atoms with Gasteiger partial charge in [-0.15, -0.1) is 11.3 Å². The minimum Gasteiger partial charge on any atom is -0.451 e. The van der Waals surface area contributed by atoms with Crippen molar-refractivity contribution in [3.05, 3.63) is 51.7 Å². The molecule has 6 nitrogen and oxygen atoms in total. The highest BCUT2D eigenvalue weighted by Gasteiger charge is 2.12. The van der Waals surface area contributed by atoms with E-state index in [2.05, 4.69) is 5.32 Å². The molecule has 22 heavy (non-hydrogen) atoms. The highest BCUT2D eigenvalue weighted by Crippen LogP contribution is 2.16. The Kier molecular flexibility index (Phi) is 4.90. The lowest BCUT2D eigenvalue weighted by molar-refractivity contribution is -0.119. The first-order chi connectivity index (χ1) is 10.5. The normalized spacial score (nSPS) is 10.0. The Hall–Kier alpha value is -2.67. The first kappa shape index (κ1) is 15.7. The first-order valence-corrected chi connectivity index (χ1v) is 7.20. The standard InChI is InChI=1S/C15H14N2O4S/c1-9-2-7-12(22-9)15(20)21-8-13(18)17-11-5-3-10(4-6-11)14(16)19/h2-7H,8H2,1H3,(H2,16,19)(H,17,18). The van der Waals surface area contributed by atoms with Crippen molar-refractivity contribution in [3.63, 3.8) is 0 Å². The van der Waals surface area contributed by atoms with Gasteiger partial charge in [-0.05, 0) is 43.3 Å². The number of nitrogens with one attached hydrogen (secondary N) is 1. The van der Waals surface area contributed by atoms with E-state index in [4.69, 9.17) is 10.5 Å². The molecule has 7 heteroatoms. The predicted molar refractivity (Wildman–Crippen MR) is 82.9 cm³/mol. The number of esters is 1. The number of carbonyl (C=O) groups is 3. The summed E-state index contributed by atoms with van der Waals surface area (Å²) < 4.78 is 4.92. The number of rotatable bonds is 5. The third-order valence-corrected chi connectivity index (χ3v) is 3.71. The minimum atomic E-state index is -0.543. The molecule has 0 spiro atoms. The number of nitrogens with two attached hydrogens (primary N) is 1. The van der Waals surface area contributed by atoms with Gasteiger partial charge in [-0.2, -0.15) is 0 Å². The van der Waals surface area contributed by atoms with Gasteiger partial charge in [0.15, 0.2) is 6.61 Å². The zero-order valence-corrected chi connectivity index (χ0v) is 12.6. The van der Waals surface area contributed by atoms with E-state index in [0.717, 1.165) is 4.88 Å². The summed E-state index contributed by atoms with van der Waals surface area (Å²) in [5.41, 5.74) is 5.95. The van der Waals surface area contributed by atoms with Crippen LogP contribution in [0.15, 0.2) is 36.4 Å². The van der Waals surface area contributed by atoms with E-state index in [0.29, 0.717) is 16.1 Å². The van der Waals surface area contributed by atoms with Crippen LogP contribution in [0, 0.1) is 6.92 Å². The average molecular weight is 318 g/mol. The molecule has 2 rings (SSSR count). The number of thiophene rings is 1. The van der Waals surface area contributed by atoms with Crippen LogP contribution in [0.5, 0.6) is 0 Å². The van der Waals surface area contributed by atoms with E-state index in [-0.39, 0.29) is 6.61 Å². The Morgan fingerprint density at radius 2 is 1.82 bits per heavy atom. The Morgan fingerprint density at radius 3 is 2.36 bits per heavy atom. The molecule has 0 aliphatic carbocycles. The molecule has 2 aromatic rings. The van der Waals surface area contributed by atoms with Crippen LogP contribution in [-0.4, -0.2) is 24.4 Å². The summed E-state index contributed by atoms with van der Waals surface area (Å²) in [6.45, 7) is 1.50. The monoisotopic (exact) mass is 318 g/mol. The number of ether oxygens (including phenoxy) is 1. The molecule has 114 valence electrons. The molecule has 3 N–H and O–H groups in total. The van der Waals surface area contributed by atoms with Gasteiger partial charge in [0.05, 0.1) is 0 Å². The predicted octanol–water partition coefficient (Wildman–Crippen LogP) is 1.95. The van der Waals surface area contributed by atoms with E-state index >= 15 is 0 Å². The number of hydrogen-bond acceptors (Lipinski definition) is 5. The lowest BCUT2D eigenvalue weighted by atomic mass is 10.2. The first-order valence-electron chi connectivity index (χ1n) is 6.39. The van der Waals surface area contributed by atoms with Crippen LogP contribution >= 0.6 is 11.3 Å². The highest BCUT2D eigenvalue weighted by atomic mass is 32.1. The summed E-state index contributed by atoms with van der Waals surface area (Å²) in [6, 6.07) is 9.55. The van der Waals surface area contributed by atoms with Crippen LogP contribution in [0.25, 0.3) is 0 Å². The molecule has 0 fully saturated rings. The highest BCUT2D eigenvalue weighted by molar-refractivity contribution is 7.13. The van der Waals surface area contributed by atoms with Gasteiger partial charge in [-0.25, -0.2) is 4.79 Å². The van der Waals surface area contributed by atoms with Gasteiger partial charge in [0, 0.05) is 16.1 Å². The molecule has 0 bridgehead atoms. The molecule has 1 heterocycles. The largest absolute Gasteiger partial charge is 0.451 e. The topological polar surface area (TPSA) is 98.5 Å². The quantitative estimate of drug-likeness (QED) is 0.823. The summed E-state index contributed by atoms with van der Waals surface area (Å²) in [4.78, 5) is 35.8. The zero-order chi connectivity index (χ0) is 16.1. The van der Waals surface area contributed by atoms with E-state index in [1.54, 1.807) is 18.2 Å². The fraction of sp³-hybridized carbons (Fsp3) is 0.133. The fourth-order valence-corrected chi connectivity index (χ4v) is 2.42. The SMILES string of the molecule is Cc1ccc(C(=O)OCC(=O)Nc2ccc(C(N)=O)cc2)s1. The number of amides is 2. The van der Waals surface area contributed by atoms with Gasteiger partial charge in [-0.1, -0.05) is 0 Å². The van der Waals surface area contributed by atoms with Crippen molar-refractivity contribution in [1.29, 1.82) is 0 Å². The van der Waals surface area contributed by atoms with Gasteiger partial charge >= 0.3 is 5.97 Å². The molecular formula is C15H14N2O4S. The second-order valence-electron chi connectivity index (χ2n) is 4.48. The maximum Gasteiger partial charge on any atom is 0.348 e. The fourth-order valence-electron chi connectivity index (χ4n) is 1.66. The van der Waals surface area contributed by atoms with Crippen LogP contribution in [0.3, 0.4) is 0 Å². The smallest absolute Gasteiger partial charge is 0.348 e. The van der Waals surface area contributed by atoms with Crippen LogP contribution in [0.2, 0.25) is 0 Å². The number of carbonyl (C=O) groups excluding carboxylic acids is 3. The molecular weight excluding hydrogens is 304 g/mol. The van der Waals surface area contributed by atoms with Crippen molar-refractivity contribution in [2.45, 2.75) is 6.92 Å². The molecule has 0 aliphatic rings. The number of primary amides is 1. The maximum atomic E-state index is 11.7. The van der Waals surface area contributed by atoms with Gasteiger partial charge < -0.3 is 15.8 Å². The summed E-state index contributed by atoms with van der Waals surface area (Å²) in [5, 5.41) is 2.56. The van der Waals surface area contributed by atoms with E-state index in [1.807, 2.05) is 13.0 Å². The second kappa shape index (κ2) is 6.86. The van der Waals surface area contributed by atoms with E-state index in [1.165, 1.54) is 23.5 Å². The van der Waals surface area contributed by atoms with Crippen LogP contribution < -0.4 is 11.1 Å². The average Bonchev–Trinajstić information content (AvgIpc) is 2.92. The van der Waals surface area contributed by atoms with Gasteiger partial charge in [-0.3, -0.25) is 9.59 Å². The molecule has 1 aromatic carbocycles. The zero-order valence-electron chi connectivity index (χ0n) is 11.8. The van der Waals surface area contributed by atoms with Crippen LogP contribution in [0.1, 0.15) is 24.9 Å². The lowest BCUT2D eigenvalue weighted by Gasteiger charge is -2.06. The van der Waals surface area contributed by atoms with Crippen LogP contribution in [-0.2, 0) is 9.53 Å². The molecule has 0 saturated heterocycles. The van der Waals surface area contributed by atoms with Gasteiger partial charge in [0.2, 0.25) is 5.91 Å². The number of hydrogen-bond donors (Lipinski definition) is 2. The van der Waals surface area contributed by atoms with E-state index in [9.17, 15) is 14.4 Å². The third kappa shape index (κ3) is 4.16. The Morgan fingerprint density at radius 1 is 1.14 bits per heavy atom. The third-order valence-electron chi connectivity index (χ3n) is 2.73. The van der Waals surface area contributed by atoms with Gasteiger partial charge in [0.25, 0.3) is 5.91 Å². The second-order valence-corrected chi connectivity index (χ2v) is 5.76. The van der Waals surface area contributed by atoms with Crippen molar-refractivity contribution in [3.8, 4) is 0 Å². The van der Waals surface area contributed by atoms with Crippen LogP contribution in [0.4, 0.5) is 5.69 Å². The van der Waals surface area contributed by atoms with E-state index < -0.39 is 17.8 Å². The molecule has 1 aromatic heterocycles. The summed E-state index contributed by atoms with van der Waals surface area (Å²) in [6.07, 6.45) is 0. The van der Waals surface area contributed by atoms with Crippen molar-refractivity contribution in [2.75, 3.05) is 11.9 Å². The Balaban J connectivity index is 1.85. The number of anilines is 1. The lowest BCUT2D eigenvalue weighted by Crippen LogP contribution is -2.20. The molecule has 0 atom stereocenters. The minimum absolute atomic E-state index is 0.345. The molecule has 0 radical (unpaired) electrons. The van der Waals surface area contributed by atoms with Crippen molar-refractivity contribution in [2.24, 2.45) is 5.73 Å². The molecule has 2 amide bonds. The molecule has 0 saturated carbocycles. The number of benzene rings is 1.